The maximum atomic E-state index is 5.27. The Balaban J connectivity index is 2.82. The average Bonchev–Trinajstić information content (AvgIpc) is 1.89. The van der Waals surface area contributed by atoms with E-state index in [1.54, 1.807) is 0 Å². The van der Waals surface area contributed by atoms with Crippen LogP contribution in [0.3, 0.4) is 0 Å². The van der Waals surface area contributed by atoms with Crippen LogP contribution < -0.4 is 0 Å². The lowest BCUT2D eigenvalue weighted by Crippen LogP contribution is -1.93. The van der Waals surface area contributed by atoms with E-state index in [9.17, 15) is 0 Å². The molecular weight excluding hydrogens is 128 g/mol. The van der Waals surface area contributed by atoms with Gasteiger partial charge in [-0.3, -0.25) is 0 Å². The lowest BCUT2D eigenvalue weighted by Gasteiger charge is -1.94. The maximum Gasteiger partial charge on any atom is 0.158 e. The van der Waals surface area contributed by atoms with E-state index in [4.69, 9.17) is 4.43 Å². The van der Waals surface area contributed by atoms with Gasteiger partial charge in [0.15, 0.2) is 9.76 Å². The summed E-state index contributed by atoms with van der Waals surface area (Å²) in [4.78, 5) is 0. The van der Waals surface area contributed by atoms with Crippen LogP contribution in [0.25, 0.3) is 0 Å². The van der Waals surface area contributed by atoms with Gasteiger partial charge in [-0.05, 0) is 12.8 Å². The highest BCUT2D eigenvalue weighted by Crippen LogP contribution is 1.86. The van der Waals surface area contributed by atoms with Crippen LogP contribution in [0.15, 0.2) is 12.2 Å². The van der Waals surface area contributed by atoms with Crippen LogP contribution in [0.4, 0.5) is 0 Å². The number of rotatable bonds is 5. The summed E-state index contributed by atoms with van der Waals surface area (Å²) in [6.07, 6.45) is 6.60. The van der Waals surface area contributed by atoms with Gasteiger partial charge in [-0.25, -0.2) is 0 Å². The Labute approximate surface area is 60.1 Å². The molecule has 54 valence electrons. The molecule has 0 aliphatic heterocycles. The molecule has 0 unspecified atom stereocenters. The molecule has 0 aromatic rings. The first-order chi connectivity index (χ1) is 4.41. The van der Waals surface area contributed by atoms with Gasteiger partial charge in [0.25, 0.3) is 0 Å². The van der Waals surface area contributed by atoms with E-state index < -0.39 is 0 Å². The van der Waals surface area contributed by atoms with Crippen molar-refractivity contribution in [1.29, 1.82) is 0 Å². The van der Waals surface area contributed by atoms with Crippen LogP contribution in [0, 0.1) is 0 Å². The molecule has 0 aromatic carbocycles. The molecule has 0 aliphatic rings. The molecule has 0 rings (SSSR count). The largest absolute Gasteiger partial charge is 0.424 e. The third-order valence-electron chi connectivity index (χ3n) is 1.04. The van der Waals surface area contributed by atoms with E-state index in [1.807, 2.05) is 0 Å². The predicted octanol–water partition coefficient (Wildman–Crippen LogP) is 1.49. The quantitative estimate of drug-likeness (QED) is 0.323. The van der Waals surface area contributed by atoms with Gasteiger partial charge in [0.2, 0.25) is 0 Å². The minimum atomic E-state index is -0.154. The van der Waals surface area contributed by atoms with Gasteiger partial charge in [0.1, 0.15) is 0 Å². The van der Waals surface area contributed by atoms with Crippen LogP contribution in [0.5, 0.6) is 0 Å². The van der Waals surface area contributed by atoms with E-state index in [0.29, 0.717) is 0 Å². The number of hydrogen-bond donors (Lipinski definition) is 0. The molecule has 0 fully saturated rings. The summed E-state index contributed by atoms with van der Waals surface area (Å²) >= 11 is 0. The molecule has 1 nitrogen and oxygen atoms in total. The third-order valence-corrected chi connectivity index (χ3v) is 1.73. The summed E-state index contributed by atoms with van der Waals surface area (Å²) in [6, 6.07) is 0. The zero-order valence-corrected chi connectivity index (χ0v) is 7.81. The molecule has 0 bridgehead atoms. The summed E-state index contributed by atoms with van der Waals surface area (Å²) in [5, 5.41) is 0. The van der Waals surface area contributed by atoms with Crippen molar-refractivity contribution in [3.8, 4) is 0 Å². The van der Waals surface area contributed by atoms with Crippen molar-refractivity contribution in [2.75, 3.05) is 6.61 Å². The smallest absolute Gasteiger partial charge is 0.158 e. The second-order valence-electron chi connectivity index (χ2n) is 1.87. The molecule has 0 N–H and O–H groups in total. The second-order valence-corrected chi connectivity index (χ2v) is 2.85. The highest BCUT2D eigenvalue weighted by Gasteiger charge is 1.78. The normalized spacial score (nSPS) is 12.2. The number of hydrogen-bond acceptors (Lipinski definition) is 1. The van der Waals surface area contributed by atoms with Gasteiger partial charge >= 0.3 is 0 Å². The Morgan fingerprint density at radius 2 is 2.22 bits per heavy atom. The van der Waals surface area contributed by atoms with Gasteiger partial charge in [0, 0.05) is 6.61 Å². The van der Waals surface area contributed by atoms with Crippen LogP contribution >= 0.6 is 0 Å². The third kappa shape index (κ3) is 7.92. The SMILES string of the molecule is CCC=CCCO[SiH2]C. The van der Waals surface area contributed by atoms with Gasteiger partial charge in [-0.2, -0.15) is 0 Å². The summed E-state index contributed by atoms with van der Waals surface area (Å²) in [7, 11) is -0.154. The molecule has 0 amide bonds. The van der Waals surface area contributed by atoms with Crippen molar-refractivity contribution >= 4 is 9.76 Å². The summed E-state index contributed by atoms with van der Waals surface area (Å²) in [6.45, 7) is 5.23. The Morgan fingerprint density at radius 3 is 2.78 bits per heavy atom. The van der Waals surface area contributed by atoms with E-state index in [0.717, 1.165) is 19.4 Å². The summed E-state index contributed by atoms with van der Waals surface area (Å²) < 4.78 is 5.27. The molecule has 9 heavy (non-hydrogen) atoms. The van der Waals surface area contributed by atoms with E-state index >= 15 is 0 Å². The molecule has 0 aromatic heterocycles. The first kappa shape index (κ1) is 8.92. The van der Waals surface area contributed by atoms with Crippen LogP contribution in [-0.2, 0) is 4.43 Å². The number of allylic oxidation sites excluding steroid dienone is 1. The monoisotopic (exact) mass is 144 g/mol. The minimum absolute atomic E-state index is 0.154. The van der Waals surface area contributed by atoms with Gasteiger partial charge in [-0.15, -0.1) is 0 Å². The Morgan fingerprint density at radius 1 is 1.44 bits per heavy atom. The first-order valence-electron chi connectivity index (χ1n) is 3.64. The Hall–Kier alpha value is -0.0831. The Bertz CT molecular complexity index is 71.3. The van der Waals surface area contributed by atoms with E-state index in [-0.39, 0.29) is 9.76 Å². The van der Waals surface area contributed by atoms with Crippen molar-refractivity contribution in [1.82, 2.24) is 0 Å². The van der Waals surface area contributed by atoms with Crippen LogP contribution in [-0.4, -0.2) is 16.4 Å². The standard InChI is InChI=1S/C7H16OSi/c1-3-4-5-6-7-8-9-2/h4-5H,3,6-7,9H2,1-2H3. The summed E-state index contributed by atoms with van der Waals surface area (Å²) in [5.74, 6) is 0. The molecule has 0 radical (unpaired) electrons. The van der Waals surface area contributed by atoms with Crippen LogP contribution in [0.2, 0.25) is 6.55 Å². The molecule has 0 saturated carbocycles. The lowest BCUT2D eigenvalue weighted by molar-refractivity contribution is 0.347. The topological polar surface area (TPSA) is 9.23 Å². The molecule has 2 heteroatoms. The molecule has 0 atom stereocenters. The van der Waals surface area contributed by atoms with Crippen molar-refractivity contribution in [2.45, 2.75) is 26.3 Å². The maximum absolute atomic E-state index is 5.27. The molecular formula is C7H16OSi. The Kier molecular flexibility index (Phi) is 7.84. The first-order valence-corrected chi connectivity index (χ1v) is 5.63. The molecule has 0 spiro atoms. The molecule has 0 aliphatic carbocycles. The average molecular weight is 144 g/mol. The highest BCUT2D eigenvalue weighted by atomic mass is 28.2. The van der Waals surface area contributed by atoms with Gasteiger partial charge in [0.05, 0.1) is 0 Å². The predicted molar refractivity (Wildman–Crippen MR) is 44.4 cm³/mol. The summed E-state index contributed by atoms with van der Waals surface area (Å²) in [5.41, 5.74) is 0. The fraction of sp³-hybridized carbons (Fsp3) is 0.714. The zero-order valence-electron chi connectivity index (χ0n) is 6.39. The lowest BCUT2D eigenvalue weighted by atomic mass is 10.3. The fourth-order valence-corrected chi connectivity index (χ4v) is 1.04. The highest BCUT2D eigenvalue weighted by molar-refractivity contribution is 6.24. The van der Waals surface area contributed by atoms with Gasteiger partial charge in [-0.1, -0.05) is 25.6 Å². The van der Waals surface area contributed by atoms with E-state index in [2.05, 4.69) is 25.6 Å². The van der Waals surface area contributed by atoms with E-state index in [1.165, 1.54) is 0 Å². The molecule has 0 saturated heterocycles. The van der Waals surface area contributed by atoms with Crippen molar-refractivity contribution < 1.29 is 4.43 Å². The van der Waals surface area contributed by atoms with Crippen molar-refractivity contribution in [2.24, 2.45) is 0 Å². The van der Waals surface area contributed by atoms with Gasteiger partial charge < -0.3 is 4.43 Å². The second kappa shape index (κ2) is 7.92. The van der Waals surface area contributed by atoms with Crippen LogP contribution in [0.1, 0.15) is 19.8 Å². The van der Waals surface area contributed by atoms with Crippen molar-refractivity contribution in [3.05, 3.63) is 12.2 Å². The molecule has 0 heterocycles. The van der Waals surface area contributed by atoms with Crippen molar-refractivity contribution in [3.63, 3.8) is 0 Å². The minimum Gasteiger partial charge on any atom is -0.424 e. The zero-order chi connectivity index (χ0) is 6.95. The fourth-order valence-electron chi connectivity index (χ4n) is 0.580.